The van der Waals surface area contributed by atoms with Crippen LogP contribution in [-0.4, -0.2) is 20.9 Å². The summed E-state index contributed by atoms with van der Waals surface area (Å²) in [6.07, 6.45) is 1.61. The fourth-order valence-electron chi connectivity index (χ4n) is 2.61. The molecule has 0 radical (unpaired) electrons. The number of rotatable bonds is 3. The number of nitrogens with one attached hydrogen (secondary N) is 2. The van der Waals surface area contributed by atoms with Crippen molar-refractivity contribution in [2.75, 3.05) is 5.32 Å². The van der Waals surface area contributed by atoms with Crippen LogP contribution in [0.15, 0.2) is 48.1 Å². The van der Waals surface area contributed by atoms with E-state index in [4.69, 9.17) is 0 Å². The highest BCUT2D eigenvalue weighted by molar-refractivity contribution is 7.14. The Bertz CT molecular complexity index is 1080. The molecule has 6 heteroatoms. The first kappa shape index (κ1) is 15.5. The third-order valence-electron chi connectivity index (χ3n) is 4.21. The van der Waals surface area contributed by atoms with E-state index < -0.39 is 0 Å². The first-order valence-electron chi connectivity index (χ1n) is 7.88. The summed E-state index contributed by atoms with van der Waals surface area (Å²) >= 11 is 1.42. The second kappa shape index (κ2) is 6.14. The molecule has 0 saturated heterocycles. The molecule has 0 saturated carbocycles. The molecule has 5 nitrogen and oxygen atoms in total. The Labute approximate surface area is 148 Å². The van der Waals surface area contributed by atoms with E-state index in [0.717, 1.165) is 22.3 Å². The molecule has 2 aromatic heterocycles. The fourth-order valence-corrected chi connectivity index (χ4v) is 3.33. The van der Waals surface area contributed by atoms with Gasteiger partial charge in [0.1, 0.15) is 0 Å². The predicted octanol–water partition coefficient (Wildman–Crippen LogP) is 4.56. The van der Waals surface area contributed by atoms with Crippen LogP contribution >= 0.6 is 11.3 Å². The van der Waals surface area contributed by atoms with Gasteiger partial charge in [0.25, 0.3) is 5.91 Å². The summed E-state index contributed by atoms with van der Waals surface area (Å²) < 4.78 is 0. The van der Waals surface area contributed by atoms with Crippen molar-refractivity contribution in [3.05, 3.63) is 64.8 Å². The molecule has 0 spiro atoms. The average Bonchev–Trinajstić information content (AvgIpc) is 3.25. The van der Waals surface area contributed by atoms with Crippen molar-refractivity contribution in [1.82, 2.24) is 15.0 Å². The van der Waals surface area contributed by atoms with Gasteiger partial charge in [0.15, 0.2) is 5.13 Å². The molecule has 2 aromatic carbocycles. The molecule has 2 heterocycles. The number of aromatic nitrogens is 3. The highest BCUT2D eigenvalue weighted by Crippen LogP contribution is 2.27. The highest BCUT2D eigenvalue weighted by Gasteiger charge is 2.11. The normalized spacial score (nSPS) is 11.0. The van der Waals surface area contributed by atoms with Gasteiger partial charge in [-0.1, -0.05) is 12.1 Å². The minimum atomic E-state index is -0.183. The molecule has 0 bridgehead atoms. The van der Waals surface area contributed by atoms with Crippen molar-refractivity contribution < 1.29 is 4.79 Å². The van der Waals surface area contributed by atoms with Crippen molar-refractivity contribution in [3.63, 3.8) is 0 Å². The number of anilines is 1. The molecular formula is C19H16N4OS. The van der Waals surface area contributed by atoms with Crippen LogP contribution in [0.5, 0.6) is 0 Å². The maximum Gasteiger partial charge on any atom is 0.257 e. The fraction of sp³-hybridized carbons (Fsp3) is 0.105. The number of hydrogen-bond acceptors (Lipinski definition) is 4. The van der Waals surface area contributed by atoms with Gasteiger partial charge in [0.05, 0.1) is 23.1 Å². The van der Waals surface area contributed by atoms with Crippen LogP contribution in [0.2, 0.25) is 0 Å². The van der Waals surface area contributed by atoms with E-state index in [0.29, 0.717) is 10.7 Å². The first-order chi connectivity index (χ1) is 12.1. The summed E-state index contributed by atoms with van der Waals surface area (Å²) in [5, 5.41) is 5.41. The number of aryl methyl sites for hydroxylation is 2. The summed E-state index contributed by atoms with van der Waals surface area (Å²) in [6.45, 7) is 4.17. The standard InChI is InChI=1S/C19H16N4OS/c1-11-3-4-13(7-12(11)2)17-9-25-19(22-17)23-18(24)14-5-6-15-16(8-14)21-10-20-15/h3-10H,1-2H3,(H,20,21)(H,22,23,24). The summed E-state index contributed by atoms with van der Waals surface area (Å²) in [5.74, 6) is -0.183. The number of carbonyl (C=O) groups is 1. The van der Waals surface area contributed by atoms with Gasteiger partial charge >= 0.3 is 0 Å². The minimum Gasteiger partial charge on any atom is -0.345 e. The van der Waals surface area contributed by atoms with E-state index in [2.05, 4.69) is 52.3 Å². The van der Waals surface area contributed by atoms with Crippen LogP contribution in [0.4, 0.5) is 5.13 Å². The number of amides is 1. The second-order valence-electron chi connectivity index (χ2n) is 5.93. The maximum atomic E-state index is 12.4. The van der Waals surface area contributed by atoms with Gasteiger partial charge in [-0.25, -0.2) is 9.97 Å². The number of imidazole rings is 1. The van der Waals surface area contributed by atoms with E-state index in [1.165, 1.54) is 22.5 Å². The van der Waals surface area contributed by atoms with Crippen molar-refractivity contribution in [2.45, 2.75) is 13.8 Å². The number of fused-ring (bicyclic) bond motifs is 1. The number of carbonyl (C=O) groups excluding carboxylic acids is 1. The molecular weight excluding hydrogens is 332 g/mol. The molecule has 4 rings (SSSR count). The number of hydrogen-bond donors (Lipinski definition) is 2. The molecule has 2 N–H and O–H groups in total. The van der Waals surface area contributed by atoms with Crippen LogP contribution in [-0.2, 0) is 0 Å². The number of benzene rings is 2. The van der Waals surface area contributed by atoms with Gasteiger partial charge < -0.3 is 4.98 Å². The summed E-state index contributed by atoms with van der Waals surface area (Å²) in [6, 6.07) is 11.6. The lowest BCUT2D eigenvalue weighted by molar-refractivity contribution is 0.102. The van der Waals surface area contributed by atoms with Gasteiger partial charge in [-0.2, -0.15) is 0 Å². The van der Waals surface area contributed by atoms with Crippen LogP contribution in [0.1, 0.15) is 21.5 Å². The predicted molar refractivity (Wildman–Crippen MR) is 101 cm³/mol. The Balaban J connectivity index is 1.55. The molecule has 1 amide bonds. The van der Waals surface area contributed by atoms with Crippen molar-refractivity contribution in [1.29, 1.82) is 0 Å². The lowest BCUT2D eigenvalue weighted by Crippen LogP contribution is -2.11. The lowest BCUT2D eigenvalue weighted by atomic mass is 10.1. The lowest BCUT2D eigenvalue weighted by Gasteiger charge is -2.03. The molecule has 0 fully saturated rings. The Morgan fingerprint density at radius 1 is 1.12 bits per heavy atom. The minimum absolute atomic E-state index is 0.183. The van der Waals surface area contributed by atoms with Crippen molar-refractivity contribution in [3.8, 4) is 11.3 Å². The zero-order valence-electron chi connectivity index (χ0n) is 13.8. The Morgan fingerprint density at radius 2 is 2.00 bits per heavy atom. The van der Waals surface area contributed by atoms with Gasteiger partial charge in [0.2, 0.25) is 0 Å². The number of thiazole rings is 1. The van der Waals surface area contributed by atoms with E-state index in [-0.39, 0.29) is 5.91 Å². The molecule has 0 atom stereocenters. The molecule has 0 aliphatic carbocycles. The second-order valence-corrected chi connectivity index (χ2v) is 6.78. The van der Waals surface area contributed by atoms with E-state index in [1.807, 2.05) is 11.4 Å². The largest absolute Gasteiger partial charge is 0.345 e. The average molecular weight is 348 g/mol. The van der Waals surface area contributed by atoms with E-state index >= 15 is 0 Å². The highest BCUT2D eigenvalue weighted by atomic mass is 32.1. The molecule has 0 aliphatic heterocycles. The third kappa shape index (κ3) is 3.04. The smallest absolute Gasteiger partial charge is 0.257 e. The summed E-state index contributed by atoms with van der Waals surface area (Å²) in [5.41, 5.74) is 6.64. The van der Waals surface area contributed by atoms with Crippen LogP contribution in [0.25, 0.3) is 22.3 Å². The zero-order valence-corrected chi connectivity index (χ0v) is 14.6. The van der Waals surface area contributed by atoms with Gasteiger partial charge in [0, 0.05) is 16.5 Å². The quantitative estimate of drug-likeness (QED) is 0.570. The van der Waals surface area contributed by atoms with Crippen LogP contribution < -0.4 is 5.32 Å². The van der Waals surface area contributed by atoms with Gasteiger partial charge in [-0.05, 0) is 49.2 Å². The Morgan fingerprint density at radius 3 is 2.84 bits per heavy atom. The van der Waals surface area contributed by atoms with Crippen LogP contribution in [0.3, 0.4) is 0 Å². The van der Waals surface area contributed by atoms with E-state index in [1.54, 1.807) is 18.5 Å². The monoisotopic (exact) mass is 348 g/mol. The summed E-state index contributed by atoms with van der Waals surface area (Å²) in [7, 11) is 0. The summed E-state index contributed by atoms with van der Waals surface area (Å²) in [4.78, 5) is 24.1. The Kier molecular flexibility index (Phi) is 3.82. The zero-order chi connectivity index (χ0) is 17.4. The molecule has 0 aliphatic rings. The number of H-pyrrole nitrogens is 1. The SMILES string of the molecule is Cc1ccc(-c2csc(NC(=O)c3ccc4nc[nH]c4c3)n2)cc1C. The molecule has 0 unspecified atom stereocenters. The first-order valence-corrected chi connectivity index (χ1v) is 8.76. The van der Waals surface area contributed by atoms with Crippen molar-refractivity contribution in [2.24, 2.45) is 0 Å². The molecule has 124 valence electrons. The van der Waals surface area contributed by atoms with Gasteiger partial charge in [-0.3, -0.25) is 10.1 Å². The number of nitrogens with zero attached hydrogens (tertiary/aromatic N) is 2. The van der Waals surface area contributed by atoms with E-state index in [9.17, 15) is 4.79 Å². The topological polar surface area (TPSA) is 70.7 Å². The third-order valence-corrected chi connectivity index (χ3v) is 4.97. The van der Waals surface area contributed by atoms with Crippen LogP contribution in [0, 0.1) is 13.8 Å². The molecule has 4 aromatic rings. The van der Waals surface area contributed by atoms with Crippen molar-refractivity contribution >= 4 is 33.4 Å². The Hall–Kier alpha value is -2.99. The number of aromatic amines is 1. The molecule has 25 heavy (non-hydrogen) atoms. The maximum absolute atomic E-state index is 12.4. The van der Waals surface area contributed by atoms with Gasteiger partial charge in [-0.15, -0.1) is 11.3 Å².